The van der Waals surface area contributed by atoms with E-state index in [0.717, 1.165) is 26.7 Å². The highest BCUT2D eigenvalue weighted by Gasteiger charge is 2.26. The maximum atomic E-state index is 12.2. The first kappa shape index (κ1) is 17.2. The second-order valence-electron chi connectivity index (χ2n) is 6.35. The summed E-state index contributed by atoms with van der Waals surface area (Å²) >= 11 is 2.13. The number of hydrogen-bond acceptors (Lipinski definition) is 4. The molecular weight excluding hydrogens is 388 g/mol. The minimum Gasteiger partial charge on any atom is -0.591 e. The van der Waals surface area contributed by atoms with Crippen LogP contribution in [-0.4, -0.2) is 20.7 Å². The summed E-state index contributed by atoms with van der Waals surface area (Å²) in [5.74, 6) is 0. The molecule has 0 aliphatic rings. The van der Waals surface area contributed by atoms with Gasteiger partial charge in [0.05, 0.1) is 6.21 Å². The SMILES string of the molecule is CC(C)(C)[S@+]([O-])/N=C/c1ccccc1-c1noc2cc(Br)ccc12. The van der Waals surface area contributed by atoms with Crippen LogP contribution >= 0.6 is 15.9 Å². The predicted octanol–water partition coefficient (Wildman–Crippen LogP) is 5.14. The summed E-state index contributed by atoms with van der Waals surface area (Å²) in [4.78, 5) is 0. The Labute approximate surface area is 152 Å². The molecule has 0 radical (unpaired) electrons. The lowest BCUT2D eigenvalue weighted by molar-refractivity contribution is 0.459. The molecule has 1 heterocycles. The molecule has 1 atom stereocenters. The Morgan fingerprint density at radius 1 is 1.21 bits per heavy atom. The lowest BCUT2D eigenvalue weighted by atomic mass is 10.0. The lowest BCUT2D eigenvalue weighted by Crippen LogP contribution is -2.25. The van der Waals surface area contributed by atoms with Gasteiger partial charge in [-0.3, -0.25) is 0 Å². The van der Waals surface area contributed by atoms with E-state index in [9.17, 15) is 4.55 Å². The summed E-state index contributed by atoms with van der Waals surface area (Å²) < 4.78 is 22.4. The van der Waals surface area contributed by atoms with Crippen molar-refractivity contribution in [2.24, 2.45) is 4.40 Å². The van der Waals surface area contributed by atoms with Crippen molar-refractivity contribution in [3.05, 3.63) is 52.5 Å². The van der Waals surface area contributed by atoms with Crippen molar-refractivity contribution in [2.45, 2.75) is 25.5 Å². The second-order valence-corrected chi connectivity index (χ2v) is 9.20. The van der Waals surface area contributed by atoms with Gasteiger partial charge in [-0.2, -0.15) is 0 Å². The average Bonchev–Trinajstić information content (AvgIpc) is 2.94. The Hall–Kier alpha value is -1.63. The van der Waals surface area contributed by atoms with Crippen LogP contribution in [0.2, 0.25) is 0 Å². The highest BCUT2D eigenvalue weighted by atomic mass is 79.9. The van der Waals surface area contributed by atoms with E-state index in [2.05, 4.69) is 25.5 Å². The van der Waals surface area contributed by atoms with Crippen molar-refractivity contribution < 1.29 is 9.08 Å². The van der Waals surface area contributed by atoms with E-state index in [-0.39, 0.29) is 0 Å². The Morgan fingerprint density at radius 2 is 1.96 bits per heavy atom. The summed E-state index contributed by atoms with van der Waals surface area (Å²) in [5, 5.41) is 5.14. The van der Waals surface area contributed by atoms with Crippen LogP contribution in [0, 0.1) is 0 Å². The molecule has 24 heavy (non-hydrogen) atoms. The lowest BCUT2D eigenvalue weighted by Gasteiger charge is -2.17. The Kier molecular flexibility index (Phi) is 4.80. The smallest absolute Gasteiger partial charge is 0.168 e. The van der Waals surface area contributed by atoms with Crippen LogP contribution in [0.3, 0.4) is 0 Å². The van der Waals surface area contributed by atoms with Gasteiger partial charge in [-0.05, 0) is 39.0 Å². The molecule has 0 N–H and O–H groups in total. The van der Waals surface area contributed by atoms with Gasteiger partial charge in [-0.25, -0.2) is 0 Å². The zero-order chi connectivity index (χ0) is 17.3. The van der Waals surface area contributed by atoms with Gasteiger partial charge in [-0.1, -0.05) is 49.7 Å². The molecule has 0 unspecified atom stereocenters. The van der Waals surface area contributed by atoms with E-state index in [1.54, 1.807) is 6.21 Å². The third-order valence-electron chi connectivity index (χ3n) is 3.46. The minimum absolute atomic E-state index is 0.391. The second kappa shape index (κ2) is 6.70. The van der Waals surface area contributed by atoms with Gasteiger partial charge in [0.2, 0.25) is 0 Å². The van der Waals surface area contributed by atoms with Gasteiger partial charge >= 0.3 is 0 Å². The predicted molar refractivity (Wildman–Crippen MR) is 103 cm³/mol. The van der Waals surface area contributed by atoms with Crippen LogP contribution in [0.5, 0.6) is 0 Å². The van der Waals surface area contributed by atoms with Crippen LogP contribution in [0.1, 0.15) is 26.3 Å². The monoisotopic (exact) mass is 404 g/mol. The van der Waals surface area contributed by atoms with Crippen LogP contribution in [0.4, 0.5) is 0 Å². The fourth-order valence-electron chi connectivity index (χ4n) is 2.19. The van der Waals surface area contributed by atoms with E-state index in [1.807, 2.05) is 63.2 Å². The topological polar surface area (TPSA) is 61.5 Å². The molecule has 0 bridgehead atoms. The molecule has 0 amide bonds. The van der Waals surface area contributed by atoms with Gasteiger partial charge < -0.3 is 9.08 Å². The van der Waals surface area contributed by atoms with Crippen molar-refractivity contribution in [3.63, 3.8) is 0 Å². The molecule has 0 saturated heterocycles. The molecule has 1 aromatic heterocycles. The summed E-state index contributed by atoms with van der Waals surface area (Å²) in [6.45, 7) is 5.69. The van der Waals surface area contributed by atoms with Gasteiger partial charge in [0.25, 0.3) is 0 Å². The quantitative estimate of drug-likeness (QED) is 0.448. The first-order chi connectivity index (χ1) is 11.4. The van der Waals surface area contributed by atoms with E-state index in [0.29, 0.717) is 5.58 Å². The van der Waals surface area contributed by atoms with E-state index in [1.165, 1.54) is 0 Å². The number of benzene rings is 2. The first-order valence-electron chi connectivity index (χ1n) is 7.46. The molecule has 0 aliphatic heterocycles. The van der Waals surface area contributed by atoms with Crippen LogP contribution in [-0.2, 0) is 11.4 Å². The Bertz CT molecular complexity index is 899. The summed E-state index contributed by atoms with van der Waals surface area (Å²) in [6, 6.07) is 13.5. The summed E-state index contributed by atoms with van der Waals surface area (Å²) in [7, 11) is 0. The number of halogens is 1. The van der Waals surface area contributed by atoms with Crippen LogP contribution in [0.15, 0.2) is 55.9 Å². The molecule has 124 valence electrons. The number of fused-ring (bicyclic) bond motifs is 1. The maximum Gasteiger partial charge on any atom is 0.168 e. The molecule has 2 aromatic carbocycles. The zero-order valence-corrected chi connectivity index (χ0v) is 16.0. The normalized spacial score (nSPS) is 13.7. The summed E-state index contributed by atoms with van der Waals surface area (Å²) in [6.07, 6.45) is 1.65. The van der Waals surface area contributed by atoms with Gasteiger partial charge in [0.15, 0.2) is 5.58 Å². The van der Waals surface area contributed by atoms with Crippen molar-refractivity contribution in [3.8, 4) is 11.3 Å². The molecule has 0 spiro atoms. The third-order valence-corrected chi connectivity index (χ3v) is 5.30. The number of rotatable bonds is 3. The fourth-order valence-corrected chi connectivity index (χ4v) is 3.06. The number of hydrogen-bond donors (Lipinski definition) is 0. The average molecular weight is 405 g/mol. The number of nitrogens with zero attached hydrogens (tertiary/aromatic N) is 2. The molecule has 0 fully saturated rings. The molecular formula is C18H17BrN2O2S. The molecule has 4 nitrogen and oxygen atoms in total. The van der Waals surface area contributed by atoms with E-state index in [4.69, 9.17) is 4.52 Å². The molecule has 0 saturated carbocycles. The van der Waals surface area contributed by atoms with Crippen LogP contribution < -0.4 is 0 Å². The first-order valence-corrected chi connectivity index (χ1v) is 9.36. The Balaban J connectivity index is 2.04. The third kappa shape index (κ3) is 3.55. The minimum atomic E-state index is -1.30. The van der Waals surface area contributed by atoms with Gasteiger partial charge in [0, 0.05) is 21.0 Å². The van der Waals surface area contributed by atoms with Crippen LogP contribution in [0.25, 0.3) is 22.2 Å². The zero-order valence-electron chi connectivity index (χ0n) is 13.6. The van der Waals surface area contributed by atoms with E-state index >= 15 is 0 Å². The highest BCUT2D eigenvalue weighted by Crippen LogP contribution is 2.31. The van der Waals surface area contributed by atoms with Crippen molar-refractivity contribution in [2.75, 3.05) is 0 Å². The van der Waals surface area contributed by atoms with E-state index < -0.39 is 16.1 Å². The molecule has 3 aromatic rings. The fraction of sp³-hybridized carbons (Fsp3) is 0.222. The van der Waals surface area contributed by atoms with Gasteiger partial charge in [0.1, 0.15) is 21.8 Å². The molecule has 6 heteroatoms. The maximum absolute atomic E-state index is 12.2. The van der Waals surface area contributed by atoms with Crippen molar-refractivity contribution in [1.82, 2.24) is 5.16 Å². The molecule has 3 rings (SSSR count). The van der Waals surface area contributed by atoms with Gasteiger partial charge in [-0.15, -0.1) is 0 Å². The standard InChI is InChI=1S/C18H17BrN2O2S/c1-18(2,3)24(22)20-11-12-6-4-5-7-14(12)17-15-9-8-13(19)10-16(15)23-21-17/h4-11H,1-3H3/b20-11+/t24-/m0/s1. The summed E-state index contributed by atoms with van der Waals surface area (Å²) in [5.41, 5.74) is 3.21. The van der Waals surface area contributed by atoms with Crippen molar-refractivity contribution >= 4 is 44.5 Å². The highest BCUT2D eigenvalue weighted by molar-refractivity contribution is 9.10. The molecule has 0 aliphatic carbocycles. The largest absolute Gasteiger partial charge is 0.591 e. The van der Waals surface area contributed by atoms with Crippen molar-refractivity contribution in [1.29, 1.82) is 0 Å². The Morgan fingerprint density at radius 3 is 2.71 bits per heavy atom. The number of aromatic nitrogens is 1.